The Morgan fingerprint density at radius 2 is 1.95 bits per heavy atom. The van der Waals surface area contributed by atoms with Crippen molar-refractivity contribution in [1.29, 1.82) is 0 Å². The maximum Gasteiger partial charge on any atom is 0.0460 e. The van der Waals surface area contributed by atoms with Gasteiger partial charge in [0.1, 0.15) is 0 Å². The lowest BCUT2D eigenvalue weighted by atomic mass is 9.97. The SMILES string of the molecule is CNC(CCN1CCC(CO)CC1)c1ccc(Br)cc1. The van der Waals surface area contributed by atoms with Gasteiger partial charge in [-0.1, -0.05) is 28.1 Å². The molecule has 1 fully saturated rings. The molecule has 0 aliphatic carbocycles. The highest BCUT2D eigenvalue weighted by molar-refractivity contribution is 9.10. The number of aliphatic hydroxyl groups excluding tert-OH is 1. The van der Waals surface area contributed by atoms with Crippen molar-refractivity contribution in [1.82, 2.24) is 10.2 Å². The third-order valence-corrected chi connectivity index (χ3v) is 4.85. The molecule has 0 aromatic heterocycles. The summed E-state index contributed by atoms with van der Waals surface area (Å²) in [6, 6.07) is 8.99. The van der Waals surface area contributed by atoms with Crippen LogP contribution in [0.5, 0.6) is 0 Å². The first kappa shape index (κ1) is 16.0. The van der Waals surface area contributed by atoms with E-state index in [-0.39, 0.29) is 0 Å². The number of aliphatic hydroxyl groups is 1. The van der Waals surface area contributed by atoms with Crippen molar-refractivity contribution in [3.8, 4) is 0 Å². The van der Waals surface area contributed by atoms with E-state index in [1.54, 1.807) is 0 Å². The molecule has 0 spiro atoms. The van der Waals surface area contributed by atoms with E-state index in [9.17, 15) is 5.11 Å². The van der Waals surface area contributed by atoms with Gasteiger partial charge in [0.2, 0.25) is 0 Å². The molecule has 1 aliphatic heterocycles. The van der Waals surface area contributed by atoms with Gasteiger partial charge >= 0.3 is 0 Å². The smallest absolute Gasteiger partial charge is 0.0460 e. The molecule has 1 aromatic rings. The van der Waals surface area contributed by atoms with Crippen LogP contribution in [0.3, 0.4) is 0 Å². The van der Waals surface area contributed by atoms with Crippen LogP contribution in [0.25, 0.3) is 0 Å². The molecule has 1 aliphatic rings. The van der Waals surface area contributed by atoms with E-state index < -0.39 is 0 Å². The number of hydrogen-bond donors (Lipinski definition) is 2. The quantitative estimate of drug-likeness (QED) is 0.835. The molecule has 0 amide bonds. The van der Waals surface area contributed by atoms with Gasteiger partial charge < -0.3 is 15.3 Å². The van der Waals surface area contributed by atoms with Crippen LogP contribution in [0.4, 0.5) is 0 Å². The van der Waals surface area contributed by atoms with Crippen LogP contribution in [0.2, 0.25) is 0 Å². The Morgan fingerprint density at radius 1 is 1.30 bits per heavy atom. The molecule has 0 radical (unpaired) electrons. The van der Waals surface area contributed by atoms with E-state index in [1.807, 2.05) is 7.05 Å². The van der Waals surface area contributed by atoms with Crippen molar-refractivity contribution >= 4 is 15.9 Å². The molecular weight excluding hydrogens is 316 g/mol. The van der Waals surface area contributed by atoms with E-state index in [0.29, 0.717) is 18.6 Å². The van der Waals surface area contributed by atoms with E-state index in [2.05, 4.69) is 50.4 Å². The van der Waals surface area contributed by atoms with Gasteiger partial charge in [-0.3, -0.25) is 0 Å². The maximum absolute atomic E-state index is 9.17. The highest BCUT2D eigenvalue weighted by Gasteiger charge is 2.19. The number of benzene rings is 1. The first-order valence-electron chi connectivity index (χ1n) is 7.49. The lowest BCUT2D eigenvalue weighted by Gasteiger charge is -2.32. The number of nitrogens with zero attached hydrogens (tertiary/aromatic N) is 1. The van der Waals surface area contributed by atoms with Gasteiger partial charge in [0.25, 0.3) is 0 Å². The second-order valence-corrected chi connectivity index (χ2v) is 6.56. The average molecular weight is 341 g/mol. The third-order valence-electron chi connectivity index (χ3n) is 4.32. The largest absolute Gasteiger partial charge is 0.396 e. The zero-order chi connectivity index (χ0) is 14.4. The van der Waals surface area contributed by atoms with Crippen molar-refractivity contribution in [3.05, 3.63) is 34.3 Å². The molecular formula is C16H25BrN2O. The molecule has 1 heterocycles. The fraction of sp³-hybridized carbons (Fsp3) is 0.625. The third kappa shape index (κ3) is 4.55. The van der Waals surface area contributed by atoms with Gasteiger partial charge in [0.05, 0.1) is 0 Å². The van der Waals surface area contributed by atoms with Crippen molar-refractivity contribution < 1.29 is 5.11 Å². The minimum Gasteiger partial charge on any atom is -0.396 e. The van der Waals surface area contributed by atoms with Gasteiger partial charge in [0.15, 0.2) is 0 Å². The lowest BCUT2D eigenvalue weighted by molar-refractivity contribution is 0.128. The predicted octanol–water partition coefficient (Wildman–Crippen LogP) is 2.80. The molecule has 2 N–H and O–H groups in total. The fourth-order valence-corrected chi connectivity index (χ4v) is 3.14. The minimum absolute atomic E-state index is 0.353. The summed E-state index contributed by atoms with van der Waals surface area (Å²) in [4.78, 5) is 2.52. The second-order valence-electron chi connectivity index (χ2n) is 5.65. The number of hydrogen-bond acceptors (Lipinski definition) is 3. The monoisotopic (exact) mass is 340 g/mol. The zero-order valence-corrected chi connectivity index (χ0v) is 13.8. The summed E-state index contributed by atoms with van der Waals surface area (Å²) < 4.78 is 1.13. The summed E-state index contributed by atoms with van der Waals surface area (Å²) >= 11 is 3.48. The number of nitrogens with one attached hydrogen (secondary N) is 1. The highest BCUT2D eigenvalue weighted by Crippen LogP contribution is 2.21. The minimum atomic E-state index is 0.353. The van der Waals surface area contributed by atoms with Gasteiger partial charge in [-0.05, 0) is 69.6 Å². The van der Waals surface area contributed by atoms with E-state index in [1.165, 1.54) is 5.56 Å². The summed E-state index contributed by atoms with van der Waals surface area (Å²) in [5.41, 5.74) is 1.35. The summed E-state index contributed by atoms with van der Waals surface area (Å²) in [5, 5.41) is 12.6. The Bertz CT molecular complexity index is 388. The Hall–Kier alpha value is -0.420. The van der Waals surface area contributed by atoms with Crippen molar-refractivity contribution in [3.63, 3.8) is 0 Å². The topological polar surface area (TPSA) is 35.5 Å². The summed E-state index contributed by atoms with van der Waals surface area (Å²) in [5.74, 6) is 0.526. The first-order chi connectivity index (χ1) is 9.72. The number of likely N-dealkylation sites (tertiary alicyclic amines) is 1. The zero-order valence-electron chi connectivity index (χ0n) is 12.2. The maximum atomic E-state index is 9.17. The Morgan fingerprint density at radius 3 is 2.50 bits per heavy atom. The van der Waals surface area contributed by atoms with Gasteiger partial charge in [-0.15, -0.1) is 0 Å². The molecule has 1 aromatic carbocycles. The average Bonchev–Trinajstić information content (AvgIpc) is 2.50. The van der Waals surface area contributed by atoms with E-state index in [4.69, 9.17) is 0 Å². The number of halogens is 1. The van der Waals surface area contributed by atoms with Crippen molar-refractivity contribution in [2.45, 2.75) is 25.3 Å². The van der Waals surface area contributed by atoms with E-state index in [0.717, 1.165) is 43.4 Å². The van der Waals surface area contributed by atoms with Crippen molar-refractivity contribution in [2.24, 2.45) is 5.92 Å². The number of piperidine rings is 1. The second kappa shape index (κ2) is 8.13. The molecule has 0 saturated carbocycles. The van der Waals surface area contributed by atoms with Crippen LogP contribution < -0.4 is 5.32 Å². The van der Waals surface area contributed by atoms with Gasteiger partial charge in [-0.25, -0.2) is 0 Å². The molecule has 1 atom stereocenters. The molecule has 112 valence electrons. The Kier molecular flexibility index (Phi) is 6.49. The molecule has 0 bridgehead atoms. The van der Waals surface area contributed by atoms with Gasteiger partial charge in [0, 0.05) is 17.1 Å². The van der Waals surface area contributed by atoms with Crippen LogP contribution in [-0.2, 0) is 0 Å². The predicted molar refractivity (Wildman–Crippen MR) is 86.8 cm³/mol. The lowest BCUT2D eigenvalue weighted by Crippen LogP contribution is -2.36. The Labute approximate surface area is 130 Å². The van der Waals surface area contributed by atoms with E-state index >= 15 is 0 Å². The van der Waals surface area contributed by atoms with Crippen LogP contribution in [0.1, 0.15) is 30.9 Å². The molecule has 4 heteroatoms. The highest BCUT2D eigenvalue weighted by atomic mass is 79.9. The normalized spacial score (nSPS) is 19.1. The van der Waals surface area contributed by atoms with Crippen LogP contribution in [-0.4, -0.2) is 43.3 Å². The standard InChI is InChI=1S/C16H25BrN2O/c1-18-16(14-2-4-15(17)5-3-14)8-11-19-9-6-13(12-20)7-10-19/h2-5,13,16,18,20H,6-12H2,1H3. The van der Waals surface area contributed by atoms with Crippen LogP contribution >= 0.6 is 15.9 Å². The van der Waals surface area contributed by atoms with Crippen molar-refractivity contribution in [2.75, 3.05) is 33.3 Å². The summed E-state index contributed by atoms with van der Waals surface area (Å²) in [7, 11) is 2.03. The molecule has 3 nitrogen and oxygen atoms in total. The fourth-order valence-electron chi connectivity index (χ4n) is 2.88. The van der Waals surface area contributed by atoms with Crippen LogP contribution in [0.15, 0.2) is 28.7 Å². The van der Waals surface area contributed by atoms with Crippen LogP contribution in [0, 0.1) is 5.92 Å². The number of rotatable bonds is 6. The molecule has 20 heavy (non-hydrogen) atoms. The summed E-state index contributed by atoms with van der Waals surface area (Å²) in [6.45, 7) is 3.73. The molecule has 1 saturated heterocycles. The summed E-state index contributed by atoms with van der Waals surface area (Å²) in [6.07, 6.45) is 3.40. The van der Waals surface area contributed by atoms with Gasteiger partial charge in [-0.2, -0.15) is 0 Å². The first-order valence-corrected chi connectivity index (χ1v) is 8.28. The molecule has 2 rings (SSSR count). The molecule has 1 unspecified atom stereocenters. The Balaban J connectivity index is 1.81.